The van der Waals surface area contributed by atoms with Crippen LogP contribution in [-0.4, -0.2) is 37.0 Å². The van der Waals surface area contributed by atoms with Crippen LogP contribution in [0.15, 0.2) is 0 Å². The van der Waals surface area contributed by atoms with E-state index < -0.39 is 0 Å². The van der Waals surface area contributed by atoms with Crippen LogP contribution in [-0.2, 0) is 0 Å². The van der Waals surface area contributed by atoms with E-state index in [1.54, 1.807) is 37.0 Å². The predicted octanol–water partition coefficient (Wildman–Crippen LogP) is 28.5. The molecule has 0 N–H and O–H groups in total. The van der Waals surface area contributed by atoms with Gasteiger partial charge < -0.3 is 0 Å². The largest absolute Gasteiger partial charge is 0.107 e. The van der Waals surface area contributed by atoms with Gasteiger partial charge in [0.05, 0.1) is 0 Å². The highest BCUT2D eigenvalue weighted by Gasteiger charge is 2.10. The zero-order chi connectivity index (χ0) is 53.8. The molecule has 2 heteroatoms. The molecule has 0 spiro atoms. The summed E-state index contributed by atoms with van der Waals surface area (Å²) in [6.07, 6.45) is 98.5. The lowest BCUT2D eigenvalue weighted by atomic mass is 10.1. The van der Waals surface area contributed by atoms with Crippen molar-refractivity contribution >= 4 is 15.8 Å². The van der Waals surface area contributed by atoms with Gasteiger partial charge in [-0.2, -0.15) is 0 Å². The van der Waals surface area contributed by atoms with Gasteiger partial charge in [0.1, 0.15) is 0 Å². The molecule has 0 unspecified atom stereocenters. The van der Waals surface area contributed by atoms with Crippen molar-refractivity contribution in [2.24, 2.45) is 0 Å². The fraction of sp³-hybridized carbons (Fsp3) is 1.00. The highest BCUT2D eigenvalue weighted by Crippen LogP contribution is 2.41. The van der Waals surface area contributed by atoms with Crippen LogP contribution in [0.4, 0.5) is 0 Å². The summed E-state index contributed by atoms with van der Waals surface area (Å²) in [6.45, 7) is 13.9. The van der Waals surface area contributed by atoms with Crippen LogP contribution in [0.25, 0.3) is 0 Å². The second kappa shape index (κ2) is 73.9. The Labute approximate surface area is 477 Å². The third-order valence-electron chi connectivity index (χ3n) is 17.0. The van der Waals surface area contributed by atoms with Gasteiger partial charge in [-0.05, 0) is 75.5 Å². The van der Waals surface area contributed by atoms with Crippen LogP contribution >= 0.6 is 15.8 Å². The summed E-state index contributed by atoms with van der Waals surface area (Å²) in [5.41, 5.74) is 0. The number of hydrogen-bond acceptors (Lipinski definition) is 0. The van der Waals surface area contributed by atoms with Gasteiger partial charge in [0.25, 0.3) is 0 Å². The summed E-state index contributed by atoms with van der Waals surface area (Å²) >= 11 is 0. The fourth-order valence-electron chi connectivity index (χ4n) is 11.6. The average Bonchev–Trinajstić information content (AvgIpc) is 3.41. The van der Waals surface area contributed by atoms with E-state index in [4.69, 9.17) is 0 Å². The first-order chi connectivity index (χ1) is 36.7. The standard InChI is InChI=1S/2C36H75P/c2*1-4-7-10-13-16-19-22-25-28-31-34-37(35-32-29-26-23-20-17-14-11-8-5-2)36-33-30-27-24-21-18-15-12-9-6-3/h2*4-36H2,1-3H3. The zero-order valence-electron chi connectivity index (χ0n) is 53.6. The first-order valence-electron chi connectivity index (χ1n) is 36.1. The zero-order valence-corrected chi connectivity index (χ0v) is 55.4. The van der Waals surface area contributed by atoms with Crippen molar-refractivity contribution in [3.05, 3.63) is 0 Å². The molecule has 0 aromatic heterocycles. The van der Waals surface area contributed by atoms with Crippen molar-refractivity contribution in [1.29, 1.82) is 0 Å². The van der Waals surface area contributed by atoms with E-state index in [1.807, 2.05) is 0 Å². The lowest BCUT2D eigenvalue weighted by Crippen LogP contribution is -1.97. The van der Waals surface area contributed by atoms with Gasteiger partial charge in [-0.25, -0.2) is 0 Å². The highest BCUT2D eigenvalue weighted by molar-refractivity contribution is 7.57. The molecule has 0 aliphatic heterocycles. The van der Waals surface area contributed by atoms with Crippen molar-refractivity contribution in [2.75, 3.05) is 37.0 Å². The Morgan fingerprint density at radius 3 is 0.284 bits per heavy atom. The van der Waals surface area contributed by atoms with Gasteiger partial charge >= 0.3 is 0 Å². The van der Waals surface area contributed by atoms with Crippen LogP contribution in [0.1, 0.15) is 427 Å². The minimum absolute atomic E-state index is 0.336. The van der Waals surface area contributed by atoms with E-state index in [-0.39, 0.29) is 0 Å². The van der Waals surface area contributed by atoms with Gasteiger partial charge in [-0.1, -0.05) is 388 Å². The summed E-state index contributed by atoms with van der Waals surface area (Å²) in [5.74, 6) is 0. The van der Waals surface area contributed by atoms with Gasteiger partial charge in [-0.3, -0.25) is 0 Å². The summed E-state index contributed by atoms with van der Waals surface area (Å²) in [6, 6.07) is 0. The van der Waals surface area contributed by atoms with Crippen molar-refractivity contribution in [1.82, 2.24) is 0 Å². The molecule has 0 amide bonds. The molecule has 0 aromatic rings. The molecule has 0 bridgehead atoms. The number of rotatable bonds is 66. The molecule has 0 aliphatic rings. The van der Waals surface area contributed by atoms with E-state index in [9.17, 15) is 0 Å². The quantitative estimate of drug-likeness (QED) is 0.0421. The SMILES string of the molecule is CCCCCCCCCCCCP(CCCCCCCCCCCC)CCCCCCCCCCCC.CCCCCCCCCCCCP(CCCCCCCCCCCC)CCCCCCCCCCCC. The molecule has 0 saturated heterocycles. The smallest absolute Gasteiger partial charge is 0.0326 e. The summed E-state index contributed by atoms with van der Waals surface area (Å²) in [7, 11) is 0.671. The van der Waals surface area contributed by atoms with Crippen molar-refractivity contribution in [2.45, 2.75) is 427 Å². The molecular weight excluding hydrogens is 927 g/mol. The molecule has 0 heterocycles. The summed E-state index contributed by atoms with van der Waals surface area (Å²) in [5, 5.41) is 0. The lowest BCUT2D eigenvalue weighted by molar-refractivity contribution is 0.560. The Morgan fingerprint density at radius 2 is 0.189 bits per heavy atom. The fourth-order valence-corrected chi connectivity index (χ4v) is 17.0. The molecule has 0 radical (unpaired) electrons. The Bertz CT molecular complexity index is 716. The molecule has 74 heavy (non-hydrogen) atoms. The van der Waals surface area contributed by atoms with Crippen LogP contribution in [0, 0.1) is 0 Å². The predicted molar refractivity (Wildman–Crippen MR) is 354 cm³/mol. The number of hydrogen-bond donors (Lipinski definition) is 0. The van der Waals surface area contributed by atoms with E-state index in [0.29, 0.717) is 15.8 Å². The molecule has 0 nitrogen and oxygen atoms in total. The maximum Gasteiger partial charge on any atom is -0.0326 e. The third kappa shape index (κ3) is 70.9. The van der Waals surface area contributed by atoms with E-state index in [0.717, 1.165) is 0 Å². The van der Waals surface area contributed by atoms with Crippen molar-refractivity contribution in [3.8, 4) is 0 Å². The molecule has 0 fully saturated rings. The normalized spacial score (nSPS) is 11.7. The van der Waals surface area contributed by atoms with E-state index >= 15 is 0 Å². The van der Waals surface area contributed by atoms with Crippen molar-refractivity contribution < 1.29 is 0 Å². The Hall–Kier alpha value is 0.860. The van der Waals surface area contributed by atoms with Crippen LogP contribution in [0.2, 0.25) is 0 Å². The maximum atomic E-state index is 2.32. The second-order valence-corrected chi connectivity index (χ2v) is 30.1. The molecule has 0 rings (SSSR count). The van der Waals surface area contributed by atoms with Crippen LogP contribution in [0.3, 0.4) is 0 Å². The Balaban J connectivity index is 0. The maximum absolute atomic E-state index is 2.32. The average molecular weight is 1080 g/mol. The highest BCUT2D eigenvalue weighted by atomic mass is 31.1. The lowest BCUT2D eigenvalue weighted by Gasteiger charge is -2.18. The summed E-state index contributed by atoms with van der Waals surface area (Å²) in [4.78, 5) is 0. The van der Waals surface area contributed by atoms with Gasteiger partial charge in [0, 0.05) is 0 Å². The third-order valence-corrected chi connectivity index (χ3v) is 22.7. The van der Waals surface area contributed by atoms with Gasteiger partial charge in [0.2, 0.25) is 0 Å². The van der Waals surface area contributed by atoms with E-state index in [1.165, 1.54) is 385 Å². The van der Waals surface area contributed by atoms with Gasteiger partial charge in [-0.15, -0.1) is 15.8 Å². The topological polar surface area (TPSA) is 0 Å². The Kier molecular flexibility index (Phi) is 76.8. The first kappa shape index (κ1) is 76.9. The molecule has 0 aliphatic carbocycles. The van der Waals surface area contributed by atoms with Crippen LogP contribution in [0.5, 0.6) is 0 Å². The van der Waals surface area contributed by atoms with Crippen molar-refractivity contribution in [3.63, 3.8) is 0 Å². The Morgan fingerprint density at radius 1 is 0.108 bits per heavy atom. The van der Waals surface area contributed by atoms with Crippen LogP contribution < -0.4 is 0 Å². The van der Waals surface area contributed by atoms with E-state index in [2.05, 4.69) is 41.5 Å². The minimum atomic E-state index is 0.336. The first-order valence-corrected chi connectivity index (χ1v) is 39.9. The monoisotopic (exact) mass is 1080 g/mol. The molecular formula is C72H150P2. The van der Waals surface area contributed by atoms with Gasteiger partial charge in [0.15, 0.2) is 0 Å². The number of unbranched alkanes of at least 4 members (excludes halogenated alkanes) is 54. The molecule has 0 saturated carbocycles. The molecule has 0 aromatic carbocycles. The minimum Gasteiger partial charge on any atom is -0.107 e. The summed E-state index contributed by atoms with van der Waals surface area (Å²) < 4.78 is 0. The molecule has 448 valence electrons. The molecule has 0 atom stereocenters. The second-order valence-electron chi connectivity index (χ2n) is 24.8.